The largest absolute Gasteiger partial charge is 0.355 e. The lowest BCUT2D eigenvalue weighted by Gasteiger charge is -2.28. The lowest BCUT2D eigenvalue weighted by Crippen LogP contribution is -2.33. The van der Waals surface area contributed by atoms with E-state index in [0.29, 0.717) is 6.04 Å². The van der Waals surface area contributed by atoms with Crippen molar-refractivity contribution in [3.8, 4) is 0 Å². The van der Waals surface area contributed by atoms with Crippen LogP contribution < -0.4 is 10.2 Å². The van der Waals surface area contributed by atoms with Crippen molar-refractivity contribution in [3.63, 3.8) is 0 Å². The van der Waals surface area contributed by atoms with Gasteiger partial charge in [0.1, 0.15) is 12.1 Å². The molecule has 1 N–H and O–H groups in total. The fourth-order valence-electron chi connectivity index (χ4n) is 2.77. The van der Waals surface area contributed by atoms with Crippen molar-refractivity contribution >= 4 is 27.4 Å². The van der Waals surface area contributed by atoms with Gasteiger partial charge in [-0.25, -0.2) is 9.97 Å². The highest BCUT2D eigenvalue weighted by Gasteiger charge is 2.20. The van der Waals surface area contributed by atoms with E-state index in [1.54, 1.807) is 17.7 Å². The third kappa shape index (κ3) is 2.44. The van der Waals surface area contributed by atoms with Crippen LogP contribution in [0.3, 0.4) is 0 Å². The standard InChI is InChI=1S/C14H20N4S/c1-10-8-19-13-12(10)16-9-17-14(13)18(2)11-4-3-6-15-7-5-11/h8-9,11,15H,3-7H2,1-2H3. The van der Waals surface area contributed by atoms with Gasteiger partial charge in [0.25, 0.3) is 0 Å². The highest BCUT2D eigenvalue weighted by molar-refractivity contribution is 7.18. The van der Waals surface area contributed by atoms with E-state index in [1.807, 2.05) is 0 Å². The van der Waals surface area contributed by atoms with E-state index in [2.05, 4.69) is 39.5 Å². The Morgan fingerprint density at radius 2 is 2.21 bits per heavy atom. The smallest absolute Gasteiger partial charge is 0.150 e. The summed E-state index contributed by atoms with van der Waals surface area (Å²) in [6.45, 7) is 4.36. The van der Waals surface area contributed by atoms with Crippen LogP contribution in [0.25, 0.3) is 10.2 Å². The number of hydrogen-bond donors (Lipinski definition) is 1. The third-order valence-electron chi connectivity index (χ3n) is 3.94. The van der Waals surface area contributed by atoms with Crippen LogP contribution in [0.4, 0.5) is 5.82 Å². The fourth-order valence-corrected chi connectivity index (χ4v) is 3.80. The molecule has 1 fully saturated rings. The molecule has 102 valence electrons. The maximum Gasteiger partial charge on any atom is 0.150 e. The van der Waals surface area contributed by atoms with E-state index in [-0.39, 0.29) is 0 Å². The number of nitrogens with one attached hydrogen (secondary N) is 1. The molecular formula is C14H20N4S. The monoisotopic (exact) mass is 276 g/mol. The van der Waals surface area contributed by atoms with Crippen molar-refractivity contribution in [2.75, 3.05) is 25.0 Å². The van der Waals surface area contributed by atoms with Gasteiger partial charge in [-0.2, -0.15) is 0 Å². The molecule has 2 aromatic rings. The van der Waals surface area contributed by atoms with Gasteiger partial charge in [0.15, 0.2) is 0 Å². The Hall–Kier alpha value is -1.20. The molecule has 0 radical (unpaired) electrons. The normalized spacial score (nSPS) is 20.4. The van der Waals surface area contributed by atoms with Gasteiger partial charge in [-0.05, 0) is 50.2 Å². The molecule has 5 heteroatoms. The second-order valence-electron chi connectivity index (χ2n) is 5.24. The van der Waals surface area contributed by atoms with Crippen molar-refractivity contribution < 1.29 is 0 Å². The number of anilines is 1. The summed E-state index contributed by atoms with van der Waals surface area (Å²) >= 11 is 1.76. The summed E-state index contributed by atoms with van der Waals surface area (Å²) in [6.07, 6.45) is 5.36. The molecule has 1 aliphatic rings. The van der Waals surface area contributed by atoms with Crippen LogP contribution in [0.15, 0.2) is 11.7 Å². The predicted octanol–water partition coefficient (Wildman–Crippen LogP) is 2.58. The van der Waals surface area contributed by atoms with Crippen LogP contribution in [-0.2, 0) is 0 Å². The minimum atomic E-state index is 0.579. The minimum absolute atomic E-state index is 0.579. The third-order valence-corrected chi connectivity index (χ3v) is 5.02. The average molecular weight is 276 g/mol. The van der Waals surface area contributed by atoms with E-state index in [0.717, 1.165) is 24.4 Å². The molecule has 1 saturated heterocycles. The van der Waals surface area contributed by atoms with Gasteiger partial charge in [0.2, 0.25) is 0 Å². The van der Waals surface area contributed by atoms with E-state index in [4.69, 9.17) is 0 Å². The Morgan fingerprint density at radius 1 is 1.32 bits per heavy atom. The van der Waals surface area contributed by atoms with Crippen molar-refractivity contribution in [1.29, 1.82) is 0 Å². The molecule has 0 bridgehead atoms. The maximum absolute atomic E-state index is 4.53. The topological polar surface area (TPSA) is 41.0 Å². The highest BCUT2D eigenvalue weighted by Crippen LogP contribution is 2.32. The van der Waals surface area contributed by atoms with Crippen molar-refractivity contribution in [2.45, 2.75) is 32.2 Å². The average Bonchev–Trinajstić information content (AvgIpc) is 2.68. The number of aromatic nitrogens is 2. The SMILES string of the molecule is Cc1csc2c(N(C)C3CCCNCC3)ncnc12. The molecule has 0 aliphatic carbocycles. The van der Waals surface area contributed by atoms with Crippen LogP contribution in [0, 0.1) is 6.92 Å². The van der Waals surface area contributed by atoms with Crippen LogP contribution in [0.1, 0.15) is 24.8 Å². The summed E-state index contributed by atoms with van der Waals surface area (Å²) in [5.41, 5.74) is 2.35. The molecule has 1 aliphatic heterocycles. The molecule has 0 saturated carbocycles. The van der Waals surface area contributed by atoms with Gasteiger partial charge in [-0.1, -0.05) is 0 Å². The molecule has 2 aromatic heterocycles. The summed E-state index contributed by atoms with van der Waals surface area (Å²) in [7, 11) is 2.17. The highest BCUT2D eigenvalue weighted by atomic mass is 32.1. The van der Waals surface area contributed by atoms with Gasteiger partial charge in [0, 0.05) is 13.1 Å². The molecule has 4 nitrogen and oxygen atoms in total. The summed E-state index contributed by atoms with van der Waals surface area (Å²) in [4.78, 5) is 11.3. The Morgan fingerprint density at radius 3 is 3.11 bits per heavy atom. The second-order valence-corrected chi connectivity index (χ2v) is 6.12. The van der Waals surface area contributed by atoms with E-state index in [1.165, 1.54) is 29.5 Å². The zero-order valence-electron chi connectivity index (χ0n) is 11.5. The molecule has 1 unspecified atom stereocenters. The fraction of sp³-hybridized carbons (Fsp3) is 0.571. The zero-order chi connectivity index (χ0) is 13.2. The van der Waals surface area contributed by atoms with Gasteiger partial charge in [-0.15, -0.1) is 11.3 Å². The van der Waals surface area contributed by atoms with Crippen LogP contribution in [0.5, 0.6) is 0 Å². The number of aryl methyl sites for hydroxylation is 1. The predicted molar refractivity (Wildman–Crippen MR) is 81.1 cm³/mol. The number of thiophene rings is 1. The number of fused-ring (bicyclic) bond motifs is 1. The molecule has 0 aromatic carbocycles. The van der Waals surface area contributed by atoms with E-state index >= 15 is 0 Å². The van der Waals surface area contributed by atoms with Crippen molar-refractivity contribution in [3.05, 3.63) is 17.3 Å². The van der Waals surface area contributed by atoms with E-state index in [9.17, 15) is 0 Å². The Bertz CT molecular complexity index is 558. The first-order valence-electron chi connectivity index (χ1n) is 6.89. The first-order chi connectivity index (χ1) is 9.27. The minimum Gasteiger partial charge on any atom is -0.355 e. The van der Waals surface area contributed by atoms with Gasteiger partial charge < -0.3 is 10.2 Å². The molecular weight excluding hydrogens is 256 g/mol. The molecule has 1 atom stereocenters. The van der Waals surface area contributed by atoms with Crippen LogP contribution >= 0.6 is 11.3 Å². The molecule has 0 spiro atoms. The Kier molecular flexibility index (Phi) is 3.66. The summed E-state index contributed by atoms with van der Waals surface area (Å²) in [5.74, 6) is 1.09. The first kappa shape index (κ1) is 12.8. The van der Waals surface area contributed by atoms with Crippen LogP contribution in [-0.4, -0.2) is 36.1 Å². The molecule has 0 amide bonds. The zero-order valence-corrected chi connectivity index (χ0v) is 12.3. The maximum atomic E-state index is 4.53. The molecule has 3 rings (SSSR count). The number of nitrogens with zero attached hydrogens (tertiary/aromatic N) is 3. The lowest BCUT2D eigenvalue weighted by molar-refractivity contribution is 0.564. The number of hydrogen-bond acceptors (Lipinski definition) is 5. The molecule has 3 heterocycles. The van der Waals surface area contributed by atoms with Crippen LogP contribution in [0.2, 0.25) is 0 Å². The van der Waals surface area contributed by atoms with Gasteiger partial charge in [-0.3, -0.25) is 0 Å². The van der Waals surface area contributed by atoms with Crippen molar-refractivity contribution in [2.24, 2.45) is 0 Å². The molecule has 19 heavy (non-hydrogen) atoms. The summed E-state index contributed by atoms with van der Waals surface area (Å²) < 4.78 is 1.22. The Balaban J connectivity index is 1.94. The van der Waals surface area contributed by atoms with E-state index < -0.39 is 0 Å². The Labute approximate surface area is 117 Å². The first-order valence-corrected chi connectivity index (χ1v) is 7.77. The quantitative estimate of drug-likeness (QED) is 0.915. The lowest BCUT2D eigenvalue weighted by atomic mass is 10.1. The summed E-state index contributed by atoms with van der Waals surface area (Å²) in [5, 5.41) is 5.64. The second kappa shape index (κ2) is 5.43. The van der Waals surface area contributed by atoms with Gasteiger partial charge >= 0.3 is 0 Å². The van der Waals surface area contributed by atoms with Gasteiger partial charge in [0.05, 0.1) is 10.2 Å². The van der Waals surface area contributed by atoms with Crippen molar-refractivity contribution in [1.82, 2.24) is 15.3 Å². The summed E-state index contributed by atoms with van der Waals surface area (Å²) in [6, 6.07) is 0.579. The number of rotatable bonds is 2.